The lowest BCUT2D eigenvalue weighted by atomic mass is 9.99. The van der Waals surface area contributed by atoms with Crippen LogP contribution in [0.3, 0.4) is 0 Å². The third-order valence-electron chi connectivity index (χ3n) is 3.50. The number of carbonyl (C=O) groups is 3. The van der Waals surface area contributed by atoms with E-state index in [2.05, 4.69) is 10.6 Å². The Labute approximate surface area is 112 Å². The fourth-order valence-electron chi connectivity index (χ4n) is 1.98. The number of aliphatic carboxylic acids is 1. The highest BCUT2D eigenvalue weighted by Gasteiger charge is 2.32. The van der Waals surface area contributed by atoms with E-state index in [0.717, 1.165) is 0 Å². The van der Waals surface area contributed by atoms with Crippen molar-refractivity contribution in [3.05, 3.63) is 0 Å². The van der Waals surface area contributed by atoms with Gasteiger partial charge in [-0.1, -0.05) is 20.3 Å². The van der Waals surface area contributed by atoms with Crippen molar-refractivity contribution in [2.24, 2.45) is 5.92 Å². The first-order valence-corrected chi connectivity index (χ1v) is 6.41. The lowest BCUT2D eigenvalue weighted by Crippen LogP contribution is -2.52. The predicted molar refractivity (Wildman–Crippen MR) is 68.6 cm³/mol. The van der Waals surface area contributed by atoms with Gasteiger partial charge in [0.25, 0.3) is 0 Å². The maximum atomic E-state index is 11.7. The summed E-state index contributed by atoms with van der Waals surface area (Å²) in [6, 6.07) is -2.11. The molecule has 0 spiro atoms. The number of carbonyl (C=O) groups excluding carboxylic acids is 2. The summed E-state index contributed by atoms with van der Waals surface area (Å²) in [5, 5.41) is 14.0. The van der Waals surface area contributed by atoms with Crippen molar-refractivity contribution < 1.29 is 19.5 Å². The molecule has 3 N–H and O–H groups in total. The standard InChI is InChI=1S/C12H21N3O4/c1-4-7(2)9(11(17)18)14-12(19)13-8-5-6-15(3)10(8)16/h7-9H,4-6H2,1-3H3,(H,17,18)(H2,13,14,19). The number of nitrogens with one attached hydrogen (secondary N) is 2. The van der Waals surface area contributed by atoms with Gasteiger partial charge in [0, 0.05) is 13.6 Å². The zero-order valence-corrected chi connectivity index (χ0v) is 11.5. The molecule has 0 bridgehead atoms. The number of amides is 3. The van der Waals surface area contributed by atoms with Gasteiger partial charge in [0.2, 0.25) is 5.91 Å². The summed E-state index contributed by atoms with van der Waals surface area (Å²) in [5.41, 5.74) is 0. The van der Waals surface area contributed by atoms with Gasteiger partial charge in [0.15, 0.2) is 0 Å². The van der Waals surface area contributed by atoms with Crippen LogP contribution in [0.15, 0.2) is 0 Å². The van der Waals surface area contributed by atoms with Gasteiger partial charge in [-0.3, -0.25) is 4.79 Å². The summed E-state index contributed by atoms with van der Waals surface area (Å²) in [7, 11) is 1.67. The maximum absolute atomic E-state index is 11.7. The van der Waals surface area contributed by atoms with Crippen molar-refractivity contribution in [3.63, 3.8) is 0 Å². The number of carboxylic acid groups (broad SMARTS) is 1. The van der Waals surface area contributed by atoms with Crippen LogP contribution >= 0.6 is 0 Å². The highest BCUT2D eigenvalue weighted by atomic mass is 16.4. The second-order valence-corrected chi connectivity index (χ2v) is 4.92. The number of urea groups is 1. The molecule has 0 aliphatic carbocycles. The van der Waals surface area contributed by atoms with Crippen LogP contribution in [0, 0.1) is 5.92 Å². The average molecular weight is 271 g/mol. The van der Waals surface area contributed by atoms with Crippen LogP contribution in [0.2, 0.25) is 0 Å². The average Bonchev–Trinajstić information content (AvgIpc) is 2.66. The third kappa shape index (κ3) is 3.84. The van der Waals surface area contributed by atoms with Crippen LogP contribution in [0.5, 0.6) is 0 Å². The smallest absolute Gasteiger partial charge is 0.326 e. The van der Waals surface area contributed by atoms with Crippen LogP contribution in [0.4, 0.5) is 4.79 Å². The van der Waals surface area contributed by atoms with Crippen LogP contribution in [-0.4, -0.2) is 53.6 Å². The van der Waals surface area contributed by atoms with Crippen LogP contribution in [0.1, 0.15) is 26.7 Å². The number of nitrogens with zero attached hydrogens (tertiary/aromatic N) is 1. The van der Waals surface area contributed by atoms with Crippen LogP contribution in [0.25, 0.3) is 0 Å². The summed E-state index contributed by atoms with van der Waals surface area (Å²) in [6.07, 6.45) is 1.19. The third-order valence-corrected chi connectivity index (χ3v) is 3.50. The van der Waals surface area contributed by atoms with Gasteiger partial charge < -0.3 is 20.6 Å². The number of hydrogen-bond donors (Lipinski definition) is 3. The van der Waals surface area contributed by atoms with Gasteiger partial charge in [-0.2, -0.15) is 0 Å². The van der Waals surface area contributed by atoms with E-state index in [1.54, 1.807) is 14.0 Å². The molecule has 7 heteroatoms. The van der Waals surface area contributed by atoms with Gasteiger partial charge in [-0.05, 0) is 12.3 Å². The summed E-state index contributed by atoms with van der Waals surface area (Å²) in [4.78, 5) is 36.0. The lowest BCUT2D eigenvalue weighted by Gasteiger charge is -2.21. The van der Waals surface area contributed by atoms with Crippen molar-refractivity contribution >= 4 is 17.9 Å². The largest absolute Gasteiger partial charge is 0.480 e. The lowest BCUT2D eigenvalue weighted by molar-refractivity contribution is -0.140. The zero-order valence-electron chi connectivity index (χ0n) is 11.5. The first kappa shape index (κ1) is 15.3. The fourth-order valence-corrected chi connectivity index (χ4v) is 1.98. The van der Waals surface area contributed by atoms with E-state index in [4.69, 9.17) is 5.11 Å². The quantitative estimate of drug-likeness (QED) is 0.656. The molecule has 19 heavy (non-hydrogen) atoms. The second-order valence-electron chi connectivity index (χ2n) is 4.92. The van der Waals surface area contributed by atoms with E-state index in [9.17, 15) is 14.4 Å². The van der Waals surface area contributed by atoms with E-state index in [1.807, 2.05) is 6.92 Å². The molecule has 0 aromatic carbocycles. The summed E-state index contributed by atoms with van der Waals surface area (Å²) >= 11 is 0. The Morgan fingerprint density at radius 1 is 1.53 bits per heavy atom. The van der Waals surface area contributed by atoms with E-state index < -0.39 is 24.1 Å². The summed E-state index contributed by atoms with van der Waals surface area (Å²) in [6.45, 7) is 4.21. The topological polar surface area (TPSA) is 98.7 Å². The molecular weight excluding hydrogens is 250 g/mol. The number of likely N-dealkylation sites (N-methyl/N-ethyl adjacent to an activating group) is 1. The molecule has 0 radical (unpaired) electrons. The maximum Gasteiger partial charge on any atom is 0.326 e. The van der Waals surface area contributed by atoms with E-state index >= 15 is 0 Å². The molecule has 0 aromatic heterocycles. The fraction of sp³-hybridized carbons (Fsp3) is 0.750. The molecule has 1 fully saturated rings. The number of likely N-dealkylation sites (tertiary alicyclic amines) is 1. The second kappa shape index (κ2) is 6.40. The van der Waals surface area contributed by atoms with Gasteiger partial charge in [-0.25, -0.2) is 9.59 Å². The monoisotopic (exact) mass is 271 g/mol. The molecule has 0 aromatic rings. The minimum absolute atomic E-state index is 0.148. The van der Waals surface area contributed by atoms with Crippen LogP contribution in [-0.2, 0) is 9.59 Å². The van der Waals surface area contributed by atoms with Gasteiger partial charge in [0.1, 0.15) is 12.1 Å². The molecule has 0 saturated carbocycles. The van der Waals surface area contributed by atoms with Crippen molar-refractivity contribution in [1.82, 2.24) is 15.5 Å². The zero-order chi connectivity index (χ0) is 14.6. The molecule has 1 aliphatic heterocycles. The van der Waals surface area contributed by atoms with E-state index in [0.29, 0.717) is 19.4 Å². The van der Waals surface area contributed by atoms with Crippen LogP contribution < -0.4 is 10.6 Å². The Balaban J connectivity index is 2.54. The highest BCUT2D eigenvalue weighted by Crippen LogP contribution is 2.10. The first-order valence-electron chi connectivity index (χ1n) is 6.41. The summed E-state index contributed by atoms with van der Waals surface area (Å²) < 4.78 is 0. The molecule has 7 nitrogen and oxygen atoms in total. The number of rotatable bonds is 5. The Morgan fingerprint density at radius 2 is 2.16 bits per heavy atom. The van der Waals surface area contributed by atoms with E-state index in [-0.39, 0.29) is 11.8 Å². The highest BCUT2D eigenvalue weighted by molar-refractivity contribution is 5.89. The van der Waals surface area contributed by atoms with Crippen molar-refractivity contribution in [2.75, 3.05) is 13.6 Å². The van der Waals surface area contributed by atoms with Gasteiger partial charge in [-0.15, -0.1) is 0 Å². The van der Waals surface area contributed by atoms with Crippen molar-refractivity contribution in [2.45, 2.75) is 38.8 Å². The molecule has 1 heterocycles. The Kier molecular flexibility index (Phi) is 5.14. The Morgan fingerprint density at radius 3 is 2.58 bits per heavy atom. The van der Waals surface area contributed by atoms with Crippen molar-refractivity contribution in [3.8, 4) is 0 Å². The first-order chi connectivity index (χ1) is 8.86. The molecular formula is C12H21N3O4. The number of carboxylic acids is 1. The molecule has 3 atom stereocenters. The Hall–Kier alpha value is -1.79. The normalized spacial score (nSPS) is 21.9. The molecule has 1 rings (SSSR count). The molecule has 3 unspecified atom stereocenters. The minimum Gasteiger partial charge on any atom is -0.480 e. The molecule has 3 amide bonds. The number of hydrogen-bond acceptors (Lipinski definition) is 3. The minimum atomic E-state index is -1.07. The Bertz CT molecular complexity index is 372. The summed E-state index contributed by atoms with van der Waals surface area (Å²) in [5.74, 6) is -1.39. The SMILES string of the molecule is CCC(C)C(NC(=O)NC1CCN(C)C1=O)C(=O)O. The molecule has 108 valence electrons. The van der Waals surface area contributed by atoms with Gasteiger partial charge >= 0.3 is 12.0 Å². The predicted octanol–water partition coefficient (Wildman–Crippen LogP) is 0.0156. The molecule has 1 saturated heterocycles. The molecule has 1 aliphatic rings. The van der Waals surface area contributed by atoms with E-state index in [1.165, 1.54) is 4.90 Å². The van der Waals surface area contributed by atoms with Crippen molar-refractivity contribution in [1.29, 1.82) is 0 Å². The van der Waals surface area contributed by atoms with Gasteiger partial charge in [0.05, 0.1) is 0 Å².